The van der Waals surface area contributed by atoms with Crippen LogP contribution in [0.5, 0.6) is 5.75 Å². The van der Waals surface area contributed by atoms with Crippen molar-refractivity contribution in [1.29, 1.82) is 0 Å². The summed E-state index contributed by atoms with van der Waals surface area (Å²) in [7, 11) is 1.72. The molecule has 2 nitrogen and oxygen atoms in total. The fourth-order valence-corrected chi connectivity index (χ4v) is 1.87. The lowest BCUT2D eigenvalue weighted by Crippen LogP contribution is -1.94. The molecule has 1 aromatic heterocycles. The molecule has 0 unspecified atom stereocenters. The molecule has 0 bridgehead atoms. The zero-order chi connectivity index (χ0) is 11.5. The van der Waals surface area contributed by atoms with Crippen LogP contribution in [0.4, 0.5) is 0 Å². The van der Waals surface area contributed by atoms with Crippen LogP contribution in [0.1, 0.15) is 25.3 Å². The number of nitrogens with one attached hydrogen (secondary N) is 1. The number of aromatic nitrogens is 1. The lowest BCUT2D eigenvalue weighted by molar-refractivity contribution is 0.408. The van der Waals surface area contributed by atoms with Crippen molar-refractivity contribution in [2.24, 2.45) is 0 Å². The van der Waals surface area contributed by atoms with Gasteiger partial charge in [0.2, 0.25) is 0 Å². The molecule has 0 saturated carbocycles. The Kier molecular flexibility index (Phi) is 3.00. The fourth-order valence-electron chi connectivity index (χ4n) is 1.87. The predicted molar refractivity (Wildman–Crippen MR) is 66.9 cm³/mol. The fraction of sp³-hybridized carbons (Fsp3) is 0.286. The molecule has 2 aromatic rings. The van der Waals surface area contributed by atoms with Crippen LogP contribution in [-0.4, -0.2) is 12.1 Å². The quantitative estimate of drug-likeness (QED) is 0.827. The number of aromatic amines is 1. The van der Waals surface area contributed by atoms with Gasteiger partial charge < -0.3 is 9.72 Å². The average molecular weight is 215 g/mol. The van der Waals surface area contributed by atoms with Gasteiger partial charge in [-0.1, -0.05) is 26.0 Å². The molecule has 1 aromatic carbocycles. The molecular formula is C14H17NO. The van der Waals surface area contributed by atoms with Crippen molar-refractivity contribution in [1.82, 2.24) is 4.98 Å². The number of H-pyrrole nitrogens is 1. The van der Waals surface area contributed by atoms with Crippen LogP contribution < -0.4 is 4.74 Å². The molecule has 0 saturated heterocycles. The van der Waals surface area contributed by atoms with Crippen LogP contribution >= 0.6 is 0 Å². The van der Waals surface area contributed by atoms with Crippen LogP contribution in [0.3, 0.4) is 0 Å². The summed E-state index contributed by atoms with van der Waals surface area (Å²) in [6, 6.07) is 8.44. The van der Waals surface area contributed by atoms with Crippen molar-refractivity contribution < 1.29 is 4.74 Å². The van der Waals surface area contributed by atoms with E-state index in [0.717, 1.165) is 5.75 Å². The lowest BCUT2D eigenvalue weighted by Gasteiger charge is -2.12. The van der Waals surface area contributed by atoms with E-state index in [-0.39, 0.29) is 0 Å². The summed E-state index contributed by atoms with van der Waals surface area (Å²) in [4.78, 5) is 3.06. The second-order valence-electron chi connectivity index (χ2n) is 4.21. The van der Waals surface area contributed by atoms with E-state index in [9.17, 15) is 0 Å². The molecule has 2 rings (SSSR count). The third-order valence-electron chi connectivity index (χ3n) is 2.79. The molecule has 0 radical (unpaired) electrons. The highest BCUT2D eigenvalue weighted by Crippen LogP contribution is 2.31. The first-order valence-electron chi connectivity index (χ1n) is 5.53. The smallest absolute Gasteiger partial charge is 0.122 e. The number of benzene rings is 1. The molecule has 1 N–H and O–H groups in total. The molecule has 2 heteroatoms. The summed E-state index contributed by atoms with van der Waals surface area (Å²) >= 11 is 0. The zero-order valence-corrected chi connectivity index (χ0v) is 9.95. The van der Waals surface area contributed by atoms with Gasteiger partial charge in [-0.05, 0) is 34.7 Å². The zero-order valence-electron chi connectivity index (χ0n) is 9.95. The second kappa shape index (κ2) is 4.44. The largest absolute Gasteiger partial charge is 0.496 e. The minimum atomic E-state index is 0.482. The molecule has 1 heterocycles. The summed E-state index contributed by atoms with van der Waals surface area (Å²) in [5.41, 5.74) is 3.62. The summed E-state index contributed by atoms with van der Waals surface area (Å²) in [6.07, 6.45) is 3.92. The molecular weight excluding hydrogens is 198 g/mol. The first-order chi connectivity index (χ1) is 7.72. The molecule has 0 aliphatic carbocycles. The lowest BCUT2D eigenvalue weighted by atomic mass is 9.98. The van der Waals surface area contributed by atoms with Crippen LogP contribution in [0.2, 0.25) is 0 Å². The Hall–Kier alpha value is -1.70. The van der Waals surface area contributed by atoms with Gasteiger partial charge in [0, 0.05) is 12.4 Å². The van der Waals surface area contributed by atoms with E-state index in [4.69, 9.17) is 4.74 Å². The van der Waals surface area contributed by atoms with Crippen LogP contribution in [0.25, 0.3) is 11.1 Å². The van der Waals surface area contributed by atoms with E-state index < -0.39 is 0 Å². The van der Waals surface area contributed by atoms with Gasteiger partial charge in [0.15, 0.2) is 0 Å². The van der Waals surface area contributed by atoms with Crippen LogP contribution in [-0.2, 0) is 0 Å². The van der Waals surface area contributed by atoms with Gasteiger partial charge in [-0.15, -0.1) is 0 Å². The van der Waals surface area contributed by atoms with Crippen molar-refractivity contribution in [3.63, 3.8) is 0 Å². The van der Waals surface area contributed by atoms with Gasteiger partial charge >= 0.3 is 0 Å². The third-order valence-corrected chi connectivity index (χ3v) is 2.79. The van der Waals surface area contributed by atoms with Crippen LogP contribution in [0, 0.1) is 0 Å². The molecule has 0 aliphatic rings. The molecule has 0 aliphatic heterocycles. The molecule has 0 atom stereocenters. The van der Waals surface area contributed by atoms with Crippen molar-refractivity contribution in [2.75, 3.05) is 7.11 Å². The standard InChI is InChI=1S/C14H17NO/c1-10(2)13-5-4-11(8-14(13)16-3)12-6-7-15-9-12/h4-10,15H,1-3H3. The highest BCUT2D eigenvalue weighted by molar-refractivity contribution is 5.65. The Balaban J connectivity index is 2.45. The van der Waals surface area contributed by atoms with E-state index in [2.05, 4.69) is 43.1 Å². The molecule has 16 heavy (non-hydrogen) atoms. The summed E-state index contributed by atoms with van der Waals surface area (Å²) in [6.45, 7) is 4.35. The SMILES string of the molecule is COc1cc(-c2cc[nH]c2)ccc1C(C)C. The Bertz CT molecular complexity index is 458. The van der Waals surface area contributed by atoms with E-state index in [1.54, 1.807) is 7.11 Å². The molecule has 84 valence electrons. The van der Waals surface area contributed by atoms with Gasteiger partial charge in [0.1, 0.15) is 5.75 Å². The van der Waals surface area contributed by atoms with Gasteiger partial charge in [0.25, 0.3) is 0 Å². The van der Waals surface area contributed by atoms with Crippen LogP contribution in [0.15, 0.2) is 36.7 Å². The number of hydrogen-bond acceptors (Lipinski definition) is 1. The maximum absolute atomic E-state index is 5.44. The van der Waals surface area contributed by atoms with E-state index in [1.807, 2.05) is 12.4 Å². The maximum Gasteiger partial charge on any atom is 0.122 e. The first kappa shape index (κ1) is 10.8. The van der Waals surface area contributed by atoms with E-state index in [0.29, 0.717) is 5.92 Å². The highest BCUT2D eigenvalue weighted by atomic mass is 16.5. The molecule has 0 spiro atoms. The van der Waals surface area contributed by atoms with Crippen molar-refractivity contribution in [2.45, 2.75) is 19.8 Å². The van der Waals surface area contributed by atoms with Gasteiger partial charge in [-0.25, -0.2) is 0 Å². The predicted octanol–water partition coefficient (Wildman–Crippen LogP) is 3.81. The topological polar surface area (TPSA) is 25.0 Å². The Morgan fingerprint density at radius 2 is 1.94 bits per heavy atom. The van der Waals surface area contributed by atoms with Gasteiger partial charge in [-0.2, -0.15) is 0 Å². The monoisotopic (exact) mass is 215 g/mol. The van der Waals surface area contributed by atoms with E-state index >= 15 is 0 Å². The molecule has 0 amide bonds. The summed E-state index contributed by atoms with van der Waals surface area (Å²) < 4.78 is 5.44. The average Bonchev–Trinajstić information content (AvgIpc) is 2.81. The molecule has 0 fully saturated rings. The second-order valence-corrected chi connectivity index (χ2v) is 4.21. The summed E-state index contributed by atoms with van der Waals surface area (Å²) in [5.74, 6) is 1.45. The van der Waals surface area contributed by atoms with Crippen molar-refractivity contribution in [3.8, 4) is 16.9 Å². The Morgan fingerprint density at radius 1 is 1.12 bits per heavy atom. The third kappa shape index (κ3) is 1.96. The van der Waals surface area contributed by atoms with Gasteiger partial charge in [-0.3, -0.25) is 0 Å². The first-order valence-corrected chi connectivity index (χ1v) is 5.53. The summed E-state index contributed by atoms with van der Waals surface area (Å²) in [5, 5.41) is 0. The minimum Gasteiger partial charge on any atom is -0.496 e. The Morgan fingerprint density at radius 3 is 2.50 bits per heavy atom. The van der Waals surface area contributed by atoms with Gasteiger partial charge in [0.05, 0.1) is 7.11 Å². The highest BCUT2D eigenvalue weighted by Gasteiger charge is 2.08. The normalized spacial score (nSPS) is 10.8. The number of rotatable bonds is 3. The van der Waals surface area contributed by atoms with E-state index in [1.165, 1.54) is 16.7 Å². The maximum atomic E-state index is 5.44. The number of hydrogen-bond donors (Lipinski definition) is 1. The Labute approximate surface area is 96.3 Å². The number of ether oxygens (including phenoxy) is 1. The van der Waals surface area contributed by atoms with Crippen molar-refractivity contribution >= 4 is 0 Å². The van der Waals surface area contributed by atoms with Crippen molar-refractivity contribution in [3.05, 3.63) is 42.2 Å². The minimum absolute atomic E-state index is 0.482. The number of methoxy groups -OCH3 is 1.